The number of hydrogen-bond acceptors (Lipinski definition) is 2. The van der Waals surface area contributed by atoms with Crippen LogP contribution in [0, 0.1) is 0 Å². The molecule has 0 amide bonds. The molecule has 0 spiro atoms. The maximum atomic E-state index is 9.85. The van der Waals surface area contributed by atoms with Gasteiger partial charge in [0.15, 0.2) is 0 Å². The van der Waals surface area contributed by atoms with Gasteiger partial charge in [-0.3, -0.25) is 0 Å². The molecule has 1 saturated carbocycles. The lowest BCUT2D eigenvalue weighted by Crippen LogP contribution is -2.10. The van der Waals surface area contributed by atoms with E-state index >= 15 is 0 Å². The Morgan fingerprint density at radius 2 is 1.93 bits per heavy atom. The molecule has 2 N–H and O–H groups in total. The molecule has 1 aromatic rings. The molecule has 2 rings (SSSR count). The number of hydrogen-bond donors (Lipinski definition) is 2. The van der Waals surface area contributed by atoms with Gasteiger partial charge in [-0.05, 0) is 44.0 Å². The van der Waals surface area contributed by atoms with Crippen LogP contribution in [-0.4, -0.2) is 18.7 Å². The standard InChI is InChI=1S/C12H17NO/c1-13-9-6-10-2-4-11(5-3-10)12(14)7-8-12/h2-5,13-14H,6-9H2,1H3. The van der Waals surface area contributed by atoms with E-state index in [4.69, 9.17) is 0 Å². The van der Waals surface area contributed by atoms with E-state index in [1.165, 1.54) is 5.56 Å². The Balaban J connectivity index is 2.03. The first-order chi connectivity index (χ1) is 6.74. The molecule has 0 aliphatic heterocycles. The largest absolute Gasteiger partial charge is 0.385 e. The lowest BCUT2D eigenvalue weighted by atomic mass is 10.0. The van der Waals surface area contributed by atoms with Gasteiger partial charge < -0.3 is 10.4 Å². The van der Waals surface area contributed by atoms with Crippen LogP contribution in [0.3, 0.4) is 0 Å². The second-order valence-electron chi connectivity index (χ2n) is 4.08. The van der Waals surface area contributed by atoms with Crippen molar-refractivity contribution in [1.29, 1.82) is 0 Å². The van der Waals surface area contributed by atoms with Gasteiger partial charge in [0.05, 0.1) is 5.60 Å². The van der Waals surface area contributed by atoms with Crippen LogP contribution in [-0.2, 0) is 12.0 Å². The summed E-state index contributed by atoms with van der Waals surface area (Å²) in [6.45, 7) is 1.00. The number of nitrogens with one attached hydrogen (secondary N) is 1. The van der Waals surface area contributed by atoms with Gasteiger partial charge >= 0.3 is 0 Å². The van der Waals surface area contributed by atoms with E-state index in [9.17, 15) is 5.11 Å². The third-order valence-electron chi connectivity index (χ3n) is 2.88. The van der Waals surface area contributed by atoms with Crippen LogP contribution in [0.2, 0.25) is 0 Å². The minimum atomic E-state index is -0.485. The summed E-state index contributed by atoms with van der Waals surface area (Å²) in [5.74, 6) is 0. The Hall–Kier alpha value is -0.860. The monoisotopic (exact) mass is 191 g/mol. The Morgan fingerprint density at radius 1 is 1.29 bits per heavy atom. The predicted octanol–water partition coefficient (Wildman–Crippen LogP) is 1.43. The molecule has 2 heteroatoms. The van der Waals surface area contributed by atoms with Crippen LogP contribution in [0.5, 0.6) is 0 Å². The first-order valence-corrected chi connectivity index (χ1v) is 5.21. The summed E-state index contributed by atoms with van der Waals surface area (Å²) >= 11 is 0. The second-order valence-corrected chi connectivity index (χ2v) is 4.08. The molecule has 2 nitrogen and oxygen atoms in total. The first kappa shape index (κ1) is 9.69. The zero-order chi connectivity index (χ0) is 10.0. The number of benzene rings is 1. The topological polar surface area (TPSA) is 32.3 Å². The summed E-state index contributed by atoms with van der Waals surface area (Å²) in [4.78, 5) is 0. The van der Waals surface area contributed by atoms with Crippen molar-refractivity contribution in [2.75, 3.05) is 13.6 Å². The fourth-order valence-electron chi connectivity index (χ4n) is 1.66. The third kappa shape index (κ3) is 1.97. The van der Waals surface area contributed by atoms with Crippen LogP contribution >= 0.6 is 0 Å². The highest BCUT2D eigenvalue weighted by Crippen LogP contribution is 2.45. The molecule has 1 aliphatic rings. The van der Waals surface area contributed by atoms with Gasteiger partial charge in [0.2, 0.25) is 0 Å². The fraction of sp³-hybridized carbons (Fsp3) is 0.500. The van der Waals surface area contributed by atoms with Crippen molar-refractivity contribution in [1.82, 2.24) is 5.32 Å². The quantitative estimate of drug-likeness (QED) is 0.754. The summed E-state index contributed by atoms with van der Waals surface area (Å²) < 4.78 is 0. The van der Waals surface area contributed by atoms with E-state index in [0.717, 1.165) is 31.4 Å². The van der Waals surface area contributed by atoms with Gasteiger partial charge in [-0.1, -0.05) is 24.3 Å². The Kier molecular flexibility index (Phi) is 2.57. The van der Waals surface area contributed by atoms with Crippen molar-refractivity contribution in [2.45, 2.75) is 24.9 Å². The zero-order valence-electron chi connectivity index (χ0n) is 8.59. The van der Waals surface area contributed by atoms with Gasteiger partial charge in [0, 0.05) is 0 Å². The number of aliphatic hydroxyl groups is 1. The molecule has 1 aromatic carbocycles. The molecule has 0 unspecified atom stereocenters. The molecule has 0 atom stereocenters. The van der Waals surface area contributed by atoms with Crippen molar-refractivity contribution in [3.05, 3.63) is 35.4 Å². The maximum absolute atomic E-state index is 9.85. The highest BCUT2D eigenvalue weighted by Gasteiger charge is 2.41. The van der Waals surface area contributed by atoms with Gasteiger partial charge in [-0.15, -0.1) is 0 Å². The summed E-state index contributed by atoms with van der Waals surface area (Å²) in [7, 11) is 1.96. The number of likely N-dealkylation sites (N-methyl/N-ethyl adjacent to an activating group) is 1. The minimum absolute atomic E-state index is 0.485. The summed E-state index contributed by atoms with van der Waals surface area (Å²) in [6.07, 6.45) is 2.89. The fourth-order valence-corrected chi connectivity index (χ4v) is 1.66. The van der Waals surface area contributed by atoms with Crippen molar-refractivity contribution in [2.24, 2.45) is 0 Å². The van der Waals surface area contributed by atoms with Gasteiger partial charge in [0.25, 0.3) is 0 Å². The lowest BCUT2D eigenvalue weighted by Gasteiger charge is -2.08. The SMILES string of the molecule is CNCCc1ccc(C2(O)CC2)cc1. The molecule has 0 heterocycles. The maximum Gasteiger partial charge on any atom is 0.0899 e. The predicted molar refractivity (Wildman–Crippen MR) is 57.2 cm³/mol. The van der Waals surface area contributed by atoms with E-state index in [2.05, 4.69) is 29.6 Å². The van der Waals surface area contributed by atoms with E-state index in [1.807, 2.05) is 7.05 Å². The second kappa shape index (κ2) is 3.71. The van der Waals surface area contributed by atoms with E-state index in [1.54, 1.807) is 0 Å². The Morgan fingerprint density at radius 3 is 2.43 bits per heavy atom. The van der Waals surface area contributed by atoms with Gasteiger partial charge in [-0.2, -0.15) is 0 Å². The summed E-state index contributed by atoms with van der Waals surface area (Å²) in [6, 6.07) is 8.34. The summed E-state index contributed by atoms with van der Waals surface area (Å²) in [5.41, 5.74) is 1.92. The van der Waals surface area contributed by atoms with Crippen LogP contribution < -0.4 is 5.32 Å². The van der Waals surface area contributed by atoms with Crippen LogP contribution in [0.1, 0.15) is 24.0 Å². The van der Waals surface area contributed by atoms with Crippen molar-refractivity contribution in [3.8, 4) is 0 Å². The molecule has 0 saturated heterocycles. The van der Waals surface area contributed by atoms with Crippen LogP contribution in [0.15, 0.2) is 24.3 Å². The molecule has 76 valence electrons. The van der Waals surface area contributed by atoms with Crippen LogP contribution in [0.25, 0.3) is 0 Å². The average Bonchev–Trinajstić information content (AvgIpc) is 2.96. The smallest absolute Gasteiger partial charge is 0.0899 e. The van der Waals surface area contributed by atoms with Crippen LogP contribution in [0.4, 0.5) is 0 Å². The minimum Gasteiger partial charge on any atom is -0.385 e. The van der Waals surface area contributed by atoms with Crippen molar-refractivity contribution >= 4 is 0 Å². The average molecular weight is 191 g/mol. The van der Waals surface area contributed by atoms with E-state index < -0.39 is 5.60 Å². The first-order valence-electron chi connectivity index (χ1n) is 5.21. The highest BCUT2D eigenvalue weighted by molar-refractivity contribution is 5.30. The van der Waals surface area contributed by atoms with E-state index in [-0.39, 0.29) is 0 Å². The van der Waals surface area contributed by atoms with Gasteiger partial charge in [-0.25, -0.2) is 0 Å². The summed E-state index contributed by atoms with van der Waals surface area (Å²) in [5, 5.41) is 13.0. The molecule has 14 heavy (non-hydrogen) atoms. The van der Waals surface area contributed by atoms with Gasteiger partial charge in [0.1, 0.15) is 0 Å². The molecule has 0 bridgehead atoms. The third-order valence-corrected chi connectivity index (χ3v) is 2.88. The van der Waals surface area contributed by atoms with E-state index in [0.29, 0.717) is 0 Å². The van der Waals surface area contributed by atoms with Crippen molar-refractivity contribution < 1.29 is 5.11 Å². The normalized spacial score (nSPS) is 18.1. The highest BCUT2D eigenvalue weighted by atomic mass is 16.3. The lowest BCUT2D eigenvalue weighted by molar-refractivity contribution is 0.151. The molecule has 1 aliphatic carbocycles. The molecular formula is C12H17NO. The molecule has 1 fully saturated rings. The number of rotatable bonds is 4. The Bertz CT molecular complexity index is 301. The molecular weight excluding hydrogens is 174 g/mol. The Labute approximate surface area is 85.0 Å². The van der Waals surface area contributed by atoms with Crippen molar-refractivity contribution in [3.63, 3.8) is 0 Å². The molecule has 0 radical (unpaired) electrons. The zero-order valence-corrected chi connectivity index (χ0v) is 8.59. The molecule has 0 aromatic heterocycles.